The van der Waals surface area contributed by atoms with Crippen LogP contribution >= 0.6 is 23.2 Å². The van der Waals surface area contributed by atoms with E-state index in [0.29, 0.717) is 78.1 Å². The Bertz CT molecular complexity index is 1980. The molecule has 0 aliphatic carbocycles. The maximum absolute atomic E-state index is 13.5. The first kappa shape index (κ1) is 33.9. The van der Waals surface area contributed by atoms with Crippen molar-refractivity contribution in [2.75, 3.05) is 32.1 Å². The second-order valence-electron chi connectivity index (χ2n) is 12.6. The average molecular weight is 719 g/mol. The molecule has 4 N–H and O–H groups in total. The zero-order chi connectivity index (χ0) is 34.9. The second kappa shape index (κ2) is 14.4. The lowest BCUT2D eigenvalue weighted by molar-refractivity contribution is -0.136. The van der Waals surface area contributed by atoms with Gasteiger partial charge in [0.1, 0.15) is 0 Å². The van der Waals surface area contributed by atoms with Crippen LogP contribution < -0.4 is 26.0 Å². The van der Waals surface area contributed by atoms with Gasteiger partial charge in [-0.2, -0.15) is 0 Å². The Kier molecular flexibility index (Phi) is 9.73. The number of amides is 3. The second-order valence-corrected chi connectivity index (χ2v) is 13.4. The van der Waals surface area contributed by atoms with E-state index in [4.69, 9.17) is 32.9 Å². The Morgan fingerprint density at radius 3 is 2.64 bits per heavy atom. The van der Waals surface area contributed by atoms with Crippen LogP contribution in [0.5, 0.6) is 5.88 Å². The van der Waals surface area contributed by atoms with Crippen LogP contribution in [0.1, 0.15) is 46.8 Å². The van der Waals surface area contributed by atoms with E-state index >= 15 is 0 Å². The van der Waals surface area contributed by atoms with Gasteiger partial charge in [-0.3, -0.25) is 19.4 Å². The van der Waals surface area contributed by atoms with Crippen molar-refractivity contribution in [2.24, 2.45) is 7.05 Å². The highest BCUT2D eigenvalue weighted by Crippen LogP contribution is 2.40. The lowest BCUT2D eigenvalue weighted by Crippen LogP contribution is -2.55. The number of hydrogen-bond donors (Lipinski definition) is 4. The van der Waals surface area contributed by atoms with Crippen LogP contribution in [-0.2, 0) is 36.1 Å². The molecule has 50 heavy (non-hydrogen) atoms. The quantitative estimate of drug-likeness (QED) is 0.192. The Morgan fingerprint density at radius 1 is 1.06 bits per heavy atom. The summed E-state index contributed by atoms with van der Waals surface area (Å²) in [6, 6.07) is 10.8. The Hall–Kier alpha value is -4.56. The van der Waals surface area contributed by atoms with E-state index in [-0.39, 0.29) is 34.7 Å². The fraction of sp³-hybridized carbons (Fsp3) is 0.371. The lowest BCUT2D eigenvalue weighted by atomic mass is 10.0. The number of nitrogens with zero attached hydrogens (tertiary/aromatic N) is 5. The lowest BCUT2D eigenvalue weighted by Gasteiger charge is -2.34. The van der Waals surface area contributed by atoms with Crippen molar-refractivity contribution in [2.45, 2.75) is 50.9 Å². The number of rotatable bonds is 10. The van der Waals surface area contributed by atoms with Gasteiger partial charge in [0.05, 0.1) is 52.5 Å². The topological polar surface area (TPSA) is 155 Å². The first-order chi connectivity index (χ1) is 24.2. The number of aromatic nitrogens is 4. The number of nitrogens with one attached hydrogen (secondary N) is 4. The molecule has 0 unspecified atom stereocenters. The Labute approximate surface area is 299 Å². The monoisotopic (exact) mass is 717 g/mol. The van der Waals surface area contributed by atoms with Gasteiger partial charge in [0.15, 0.2) is 5.82 Å². The maximum Gasteiger partial charge on any atom is 0.291 e. The number of pyridine rings is 2. The van der Waals surface area contributed by atoms with Crippen molar-refractivity contribution in [1.29, 1.82) is 0 Å². The molecule has 2 saturated heterocycles. The molecule has 15 heteroatoms. The fourth-order valence-electron chi connectivity index (χ4n) is 6.60. The van der Waals surface area contributed by atoms with Gasteiger partial charge in [0, 0.05) is 74.1 Å². The number of hydrogen-bond acceptors (Lipinski definition) is 9. The summed E-state index contributed by atoms with van der Waals surface area (Å²) in [5, 5.41) is 13.0. The van der Waals surface area contributed by atoms with Crippen LogP contribution in [0.4, 0.5) is 5.69 Å². The molecular weight excluding hydrogens is 681 g/mol. The van der Waals surface area contributed by atoms with E-state index in [1.54, 1.807) is 47.0 Å². The molecule has 0 saturated carbocycles. The van der Waals surface area contributed by atoms with Gasteiger partial charge in [0.2, 0.25) is 17.7 Å². The van der Waals surface area contributed by atoms with Crippen LogP contribution in [0.3, 0.4) is 0 Å². The first-order valence-corrected chi connectivity index (χ1v) is 17.3. The summed E-state index contributed by atoms with van der Waals surface area (Å²) >= 11 is 13.9. The zero-order valence-corrected chi connectivity index (χ0v) is 29.2. The SMILES string of the molecule is COc1nc(-c2ccnc(-c3cccc(NC(=O)c4nc5c(n4C)CCN(C(=O)[C@@H]4CCN4)C5)c3Cl)c2Cl)ccc1CNC[C@H]1CCC(=O)N1. The predicted molar refractivity (Wildman–Crippen MR) is 189 cm³/mol. The number of imidazole rings is 1. The number of carbonyl (C=O) groups excluding carboxylic acids is 3. The number of benzene rings is 1. The number of ether oxygens (including phenoxy) is 1. The van der Waals surface area contributed by atoms with Gasteiger partial charge in [-0.05, 0) is 37.6 Å². The van der Waals surface area contributed by atoms with Crippen molar-refractivity contribution in [1.82, 2.24) is 40.4 Å². The van der Waals surface area contributed by atoms with E-state index in [1.165, 1.54) is 0 Å². The highest BCUT2D eigenvalue weighted by Gasteiger charge is 2.33. The highest BCUT2D eigenvalue weighted by molar-refractivity contribution is 6.39. The van der Waals surface area contributed by atoms with Crippen molar-refractivity contribution in [3.63, 3.8) is 0 Å². The van der Waals surface area contributed by atoms with Gasteiger partial charge in [-0.25, -0.2) is 9.97 Å². The molecule has 0 bridgehead atoms. The maximum atomic E-state index is 13.5. The van der Waals surface area contributed by atoms with E-state index in [2.05, 4.69) is 31.2 Å². The van der Waals surface area contributed by atoms with Gasteiger partial charge >= 0.3 is 0 Å². The van der Waals surface area contributed by atoms with Gasteiger partial charge in [-0.15, -0.1) is 0 Å². The smallest absolute Gasteiger partial charge is 0.291 e. The van der Waals surface area contributed by atoms with Crippen LogP contribution in [0.25, 0.3) is 22.5 Å². The molecule has 2 fully saturated rings. The minimum absolute atomic E-state index is 0.0749. The minimum Gasteiger partial charge on any atom is -0.481 e. The number of fused-ring (bicyclic) bond motifs is 1. The van der Waals surface area contributed by atoms with Crippen molar-refractivity contribution in [3.05, 3.63) is 75.4 Å². The van der Waals surface area contributed by atoms with Gasteiger partial charge in [-0.1, -0.05) is 41.4 Å². The molecule has 13 nitrogen and oxygen atoms in total. The van der Waals surface area contributed by atoms with E-state index in [1.807, 2.05) is 19.2 Å². The first-order valence-electron chi connectivity index (χ1n) is 16.6. The largest absolute Gasteiger partial charge is 0.481 e. The van der Waals surface area contributed by atoms with Crippen LogP contribution in [0, 0.1) is 0 Å². The summed E-state index contributed by atoms with van der Waals surface area (Å²) < 4.78 is 7.39. The molecule has 0 radical (unpaired) electrons. The van der Waals surface area contributed by atoms with E-state index < -0.39 is 5.91 Å². The third-order valence-electron chi connectivity index (χ3n) is 9.48. The number of carbonyl (C=O) groups is 3. The highest BCUT2D eigenvalue weighted by atomic mass is 35.5. The number of anilines is 1. The summed E-state index contributed by atoms with van der Waals surface area (Å²) in [5.41, 5.74) is 5.07. The fourth-order valence-corrected chi connectivity index (χ4v) is 7.17. The molecule has 260 valence electrons. The van der Waals surface area contributed by atoms with E-state index in [0.717, 1.165) is 36.3 Å². The third kappa shape index (κ3) is 6.65. The molecule has 6 heterocycles. The normalized spacial score (nSPS) is 18.3. The molecule has 2 atom stereocenters. The van der Waals surface area contributed by atoms with Crippen LogP contribution in [0.15, 0.2) is 42.6 Å². The molecular formula is C35H37Cl2N9O4. The van der Waals surface area contributed by atoms with Gasteiger partial charge < -0.3 is 35.5 Å². The summed E-state index contributed by atoms with van der Waals surface area (Å²) in [4.78, 5) is 53.5. The zero-order valence-electron chi connectivity index (χ0n) is 27.7. The molecule has 7 rings (SSSR count). The predicted octanol–water partition coefficient (Wildman–Crippen LogP) is 3.73. The molecule has 0 spiro atoms. The Balaban J connectivity index is 1.08. The van der Waals surface area contributed by atoms with Crippen molar-refractivity contribution >= 4 is 46.6 Å². The van der Waals surface area contributed by atoms with Crippen molar-refractivity contribution < 1.29 is 19.1 Å². The van der Waals surface area contributed by atoms with Crippen LogP contribution in [0.2, 0.25) is 10.0 Å². The molecule has 3 amide bonds. The third-order valence-corrected chi connectivity index (χ3v) is 10.3. The van der Waals surface area contributed by atoms with E-state index in [9.17, 15) is 14.4 Å². The molecule has 1 aromatic carbocycles. The van der Waals surface area contributed by atoms with Crippen LogP contribution in [-0.4, -0.2) is 81.0 Å². The molecule has 3 aliphatic rings. The number of methoxy groups -OCH3 is 1. The summed E-state index contributed by atoms with van der Waals surface area (Å²) in [7, 11) is 3.37. The van der Waals surface area contributed by atoms with Gasteiger partial charge in [0.25, 0.3) is 5.91 Å². The molecule has 4 aromatic rings. The Morgan fingerprint density at radius 2 is 1.90 bits per heavy atom. The average Bonchev–Trinajstić information content (AvgIpc) is 3.66. The summed E-state index contributed by atoms with van der Waals surface area (Å²) in [6.07, 6.45) is 4.45. The van der Waals surface area contributed by atoms with Crippen molar-refractivity contribution in [3.8, 4) is 28.4 Å². The molecule has 3 aromatic heterocycles. The summed E-state index contributed by atoms with van der Waals surface area (Å²) in [6.45, 7) is 2.97. The standard InChI is InChI=1S/C35H37Cl2N9O4/c1-45-27-12-15-46(35(49)25-11-14-39-25)18-26(27)42-32(45)33(48)43-24-5-3-4-22(29(24)36)31-30(37)21(10-13-40-31)23-8-6-19(34(44-23)50-2)16-38-17-20-7-9-28(47)41-20/h3-6,8,10,13,20,25,38-39H,7,9,11-12,14-18H2,1-2H3,(H,41,47)(H,43,48)/t20-,25+/m1/s1. The molecule has 3 aliphatic heterocycles. The number of halogens is 2. The minimum atomic E-state index is -0.425. The summed E-state index contributed by atoms with van der Waals surface area (Å²) in [5.74, 6) is 0.416.